The first-order valence-corrected chi connectivity index (χ1v) is 14.8. The van der Waals surface area contributed by atoms with Crippen molar-refractivity contribution in [3.05, 3.63) is 94.5 Å². The third-order valence-electron chi connectivity index (χ3n) is 6.64. The normalized spacial score (nSPS) is 10.8. The summed E-state index contributed by atoms with van der Waals surface area (Å²) >= 11 is 1.37. The number of imidazole rings is 1. The summed E-state index contributed by atoms with van der Waals surface area (Å²) in [5, 5.41) is 31.4. The lowest BCUT2D eigenvalue weighted by Gasteiger charge is -2.10. The van der Waals surface area contributed by atoms with Gasteiger partial charge in [-0.2, -0.15) is 0 Å². The van der Waals surface area contributed by atoms with E-state index in [0.717, 1.165) is 46.8 Å². The van der Waals surface area contributed by atoms with Crippen molar-refractivity contribution in [2.45, 2.75) is 64.8 Å². The van der Waals surface area contributed by atoms with E-state index in [1.807, 2.05) is 72.3 Å². The maximum absolute atomic E-state index is 12.5. The molecule has 0 aliphatic heterocycles. The Balaban J connectivity index is 1.08. The number of hydrogen-bond acceptors (Lipinski definition) is 8. The molecule has 0 aliphatic rings. The fourth-order valence-corrected chi connectivity index (χ4v) is 5.23. The first-order chi connectivity index (χ1) is 20.3. The molecule has 0 spiro atoms. The molecule has 0 saturated carbocycles. The Morgan fingerprint density at radius 3 is 2.43 bits per heavy atom. The molecule has 11 heteroatoms. The van der Waals surface area contributed by atoms with E-state index in [4.69, 9.17) is 10.8 Å². The molecule has 2 heterocycles. The quantitative estimate of drug-likeness (QED) is 0.0869. The second-order valence-corrected chi connectivity index (χ2v) is 11.2. The van der Waals surface area contributed by atoms with Gasteiger partial charge in [0.1, 0.15) is 16.7 Å². The highest BCUT2D eigenvalue weighted by Gasteiger charge is 2.11. The van der Waals surface area contributed by atoms with E-state index in [1.165, 1.54) is 11.3 Å². The van der Waals surface area contributed by atoms with Crippen molar-refractivity contribution < 1.29 is 9.59 Å². The number of benzene rings is 2. The number of carbonyl (C=O) groups is 2. The fraction of sp³-hybridized carbons (Fsp3) is 0.323. The number of amidine groups is 1. The highest BCUT2D eigenvalue weighted by molar-refractivity contribution is 7.15. The van der Waals surface area contributed by atoms with Crippen LogP contribution in [0.25, 0.3) is 0 Å². The Morgan fingerprint density at radius 1 is 0.881 bits per heavy atom. The molecule has 2 aromatic heterocycles. The first kappa shape index (κ1) is 30.4. The van der Waals surface area contributed by atoms with Gasteiger partial charge >= 0.3 is 0 Å². The summed E-state index contributed by atoms with van der Waals surface area (Å²) in [5.41, 5.74) is 3.48. The number of aromatic nitrogens is 4. The standard InChI is InChI=1S/C31H36N8O2S/c1-22-34-16-17-39(22)21-25-11-7-10-24(18-25)20-28(40)35-27(33)15-14-26(32)12-5-6-13-30-37-38-31(42-30)36-29(41)19-23-8-3-2-4-9-23/h2-4,7-11,16-18,32H,5-6,12-15,19-21H2,1H3,(H2,33,35,40)(H,36,38,41). The minimum atomic E-state index is -0.227. The van der Waals surface area contributed by atoms with E-state index in [1.54, 1.807) is 6.20 Å². The van der Waals surface area contributed by atoms with Crippen LogP contribution in [0.4, 0.5) is 5.13 Å². The number of nitrogens with one attached hydrogen (secondary N) is 4. The second kappa shape index (κ2) is 15.5. The maximum Gasteiger partial charge on any atom is 0.230 e. The molecule has 4 rings (SSSR count). The van der Waals surface area contributed by atoms with Crippen molar-refractivity contribution in [3.63, 3.8) is 0 Å². The van der Waals surface area contributed by atoms with Crippen LogP contribution in [-0.2, 0) is 35.4 Å². The lowest BCUT2D eigenvalue weighted by Crippen LogP contribution is -2.31. The third kappa shape index (κ3) is 10.2. The predicted octanol–water partition coefficient (Wildman–Crippen LogP) is 5.12. The fourth-order valence-electron chi connectivity index (χ4n) is 4.43. The Morgan fingerprint density at radius 2 is 1.64 bits per heavy atom. The molecule has 42 heavy (non-hydrogen) atoms. The average molecular weight is 585 g/mol. The molecular weight excluding hydrogens is 548 g/mol. The highest BCUT2D eigenvalue weighted by atomic mass is 32.1. The van der Waals surface area contributed by atoms with Gasteiger partial charge in [0, 0.05) is 37.5 Å². The van der Waals surface area contributed by atoms with Crippen LogP contribution in [0.15, 0.2) is 67.0 Å². The summed E-state index contributed by atoms with van der Waals surface area (Å²) in [6.07, 6.45) is 7.98. The highest BCUT2D eigenvalue weighted by Crippen LogP contribution is 2.18. The van der Waals surface area contributed by atoms with Gasteiger partial charge in [-0.3, -0.25) is 15.0 Å². The van der Waals surface area contributed by atoms with Crippen molar-refractivity contribution in [2.24, 2.45) is 0 Å². The van der Waals surface area contributed by atoms with E-state index in [9.17, 15) is 9.59 Å². The van der Waals surface area contributed by atoms with Crippen molar-refractivity contribution in [2.75, 3.05) is 5.32 Å². The average Bonchev–Trinajstić information content (AvgIpc) is 3.58. The molecule has 4 aromatic rings. The van der Waals surface area contributed by atoms with Crippen LogP contribution >= 0.6 is 11.3 Å². The summed E-state index contributed by atoms with van der Waals surface area (Å²) in [7, 11) is 0. The van der Waals surface area contributed by atoms with Crippen molar-refractivity contribution in [1.82, 2.24) is 25.1 Å². The zero-order valence-corrected chi connectivity index (χ0v) is 24.5. The van der Waals surface area contributed by atoms with Crippen molar-refractivity contribution in [1.29, 1.82) is 10.8 Å². The molecule has 0 bridgehead atoms. The van der Waals surface area contributed by atoms with E-state index in [-0.39, 0.29) is 24.1 Å². The first-order valence-electron chi connectivity index (χ1n) is 14.0. The number of anilines is 1. The minimum absolute atomic E-state index is 0.120. The number of rotatable bonds is 15. The Hall–Kier alpha value is -4.51. The summed E-state index contributed by atoms with van der Waals surface area (Å²) in [5.74, 6) is 0.718. The van der Waals surface area contributed by atoms with Crippen LogP contribution < -0.4 is 10.6 Å². The number of carbonyl (C=O) groups excluding carboxylic acids is 2. The molecule has 0 fully saturated rings. The van der Waals surface area contributed by atoms with Gasteiger partial charge in [-0.15, -0.1) is 10.2 Å². The molecule has 2 aromatic carbocycles. The topological polar surface area (TPSA) is 150 Å². The van der Waals surface area contributed by atoms with Crippen molar-refractivity contribution >= 4 is 39.8 Å². The molecule has 0 aliphatic carbocycles. The molecular formula is C31H36N8O2S. The van der Waals surface area contributed by atoms with Crippen LogP contribution in [0.5, 0.6) is 0 Å². The van der Waals surface area contributed by atoms with Crippen LogP contribution in [-0.4, -0.2) is 43.1 Å². The summed E-state index contributed by atoms with van der Waals surface area (Å²) in [4.78, 5) is 28.9. The molecule has 0 atom stereocenters. The molecule has 10 nitrogen and oxygen atoms in total. The van der Waals surface area contributed by atoms with Gasteiger partial charge in [-0.1, -0.05) is 65.9 Å². The van der Waals surface area contributed by atoms with E-state index < -0.39 is 0 Å². The van der Waals surface area contributed by atoms with Gasteiger partial charge in [0.25, 0.3) is 0 Å². The van der Waals surface area contributed by atoms with Gasteiger partial charge in [-0.05, 0) is 49.3 Å². The monoisotopic (exact) mass is 584 g/mol. The lowest BCUT2D eigenvalue weighted by atomic mass is 10.1. The van der Waals surface area contributed by atoms with Gasteiger partial charge < -0.3 is 20.6 Å². The smallest absolute Gasteiger partial charge is 0.230 e. The summed E-state index contributed by atoms with van der Waals surface area (Å²) in [6.45, 7) is 2.64. The zero-order valence-electron chi connectivity index (χ0n) is 23.7. The van der Waals surface area contributed by atoms with Crippen LogP contribution in [0, 0.1) is 17.7 Å². The van der Waals surface area contributed by atoms with E-state index in [2.05, 4.69) is 25.8 Å². The molecule has 4 N–H and O–H groups in total. The number of nitrogens with zero attached hydrogens (tertiary/aromatic N) is 4. The SMILES string of the molecule is Cc1nccn1Cc1cccc(CC(=O)NC(=N)CCC(=N)CCCCc2nnc(NC(=O)Cc3ccccc3)s2)c1. The van der Waals surface area contributed by atoms with Crippen molar-refractivity contribution in [3.8, 4) is 0 Å². The summed E-state index contributed by atoms with van der Waals surface area (Å²) < 4.78 is 2.05. The molecule has 218 valence electrons. The Labute approximate surface area is 249 Å². The van der Waals surface area contributed by atoms with Gasteiger partial charge in [0.2, 0.25) is 16.9 Å². The zero-order chi connectivity index (χ0) is 29.7. The molecule has 0 unspecified atom stereocenters. The van der Waals surface area contributed by atoms with E-state index >= 15 is 0 Å². The van der Waals surface area contributed by atoms with Gasteiger partial charge in [0.05, 0.1) is 12.8 Å². The number of amides is 2. The van der Waals surface area contributed by atoms with Crippen LogP contribution in [0.2, 0.25) is 0 Å². The third-order valence-corrected chi connectivity index (χ3v) is 7.54. The lowest BCUT2D eigenvalue weighted by molar-refractivity contribution is -0.119. The van der Waals surface area contributed by atoms with Gasteiger partial charge in [0.15, 0.2) is 0 Å². The van der Waals surface area contributed by atoms with Crippen LogP contribution in [0.1, 0.15) is 59.6 Å². The Bertz CT molecular complexity index is 1510. The number of aryl methyl sites for hydroxylation is 2. The minimum Gasteiger partial charge on any atom is -0.331 e. The van der Waals surface area contributed by atoms with Gasteiger partial charge in [-0.25, -0.2) is 4.98 Å². The molecule has 0 radical (unpaired) electrons. The maximum atomic E-state index is 12.5. The summed E-state index contributed by atoms with van der Waals surface area (Å²) in [6, 6.07) is 17.4. The Kier molecular flexibility index (Phi) is 11.2. The van der Waals surface area contributed by atoms with Crippen LogP contribution in [0.3, 0.4) is 0 Å². The molecule has 0 saturated heterocycles. The number of unbranched alkanes of at least 4 members (excludes halogenated alkanes) is 1. The van der Waals surface area contributed by atoms with E-state index in [0.29, 0.717) is 43.1 Å². The molecule has 2 amide bonds. The predicted molar refractivity (Wildman–Crippen MR) is 165 cm³/mol. The second-order valence-electron chi connectivity index (χ2n) is 10.1. The number of hydrogen-bond donors (Lipinski definition) is 4. The largest absolute Gasteiger partial charge is 0.331 e.